The number of carbonyl (C=O) groups excluding carboxylic acids is 1. The molecule has 7 heteroatoms. The van der Waals surface area contributed by atoms with E-state index >= 15 is 0 Å². The average molecular weight is 239 g/mol. The predicted octanol–water partition coefficient (Wildman–Crippen LogP) is 1.50. The molecule has 1 heterocycles. The van der Waals surface area contributed by atoms with E-state index < -0.39 is 18.0 Å². The number of nitroso groups, excluding NO2 is 1. The van der Waals surface area contributed by atoms with Crippen LogP contribution < -0.4 is 10.6 Å². The summed E-state index contributed by atoms with van der Waals surface area (Å²) in [5.41, 5.74) is 5.68. The largest absolute Gasteiger partial charge is 0.442 e. The van der Waals surface area contributed by atoms with Gasteiger partial charge in [-0.25, -0.2) is 9.18 Å². The zero-order chi connectivity index (χ0) is 12.4. The molecule has 2 N–H and O–H groups in total. The highest BCUT2D eigenvalue weighted by molar-refractivity contribution is 5.90. The van der Waals surface area contributed by atoms with E-state index in [1.165, 1.54) is 17.0 Å². The molecule has 1 fully saturated rings. The molecule has 90 valence electrons. The van der Waals surface area contributed by atoms with Crippen molar-refractivity contribution >= 4 is 17.5 Å². The predicted molar refractivity (Wildman–Crippen MR) is 59.1 cm³/mol. The monoisotopic (exact) mass is 239 g/mol. The van der Waals surface area contributed by atoms with E-state index in [4.69, 9.17) is 10.5 Å². The summed E-state index contributed by atoms with van der Waals surface area (Å²) >= 11 is 0. The molecule has 1 aliphatic heterocycles. The molecule has 0 unspecified atom stereocenters. The Hall–Kier alpha value is -2.18. The van der Waals surface area contributed by atoms with Gasteiger partial charge in [0.1, 0.15) is 18.5 Å². The maximum absolute atomic E-state index is 13.2. The molecule has 1 atom stereocenters. The molecule has 0 aliphatic carbocycles. The summed E-state index contributed by atoms with van der Waals surface area (Å²) in [5.74, 6) is -0.604. The molecule has 0 aromatic heterocycles. The highest BCUT2D eigenvalue weighted by atomic mass is 19.1. The summed E-state index contributed by atoms with van der Waals surface area (Å²) in [6.07, 6.45) is -1.21. The summed E-state index contributed by atoms with van der Waals surface area (Å²) in [6, 6.07) is 4.02. The van der Waals surface area contributed by atoms with Crippen LogP contribution in [0.15, 0.2) is 23.4 Å². The van der Waals surface area contributed by atoms with Crippen molar-refractivity contribution in [2.45, 2.75) is 6.10 Å². The fourth-order valence-electron chi connectivity index (χ4n) is 1.59. The Morgan fingerprint density at radius 1 is 1.59 bits per heavy atom. The number of cyclic esters (lactones) is 1. The lowest BCUT2D eigenvalue weighted by Crippen LogP contribution is -2.25. The first kappa shape index (κ1) is 11.3. The lowest BCUT2D eigenvalue weighted by atomic mass is 10.2. The summed E-state index contributed by atoms with van der Waals surface area (Å²) in [4.78, 5) is 22.8. The van der Waals surface area contributed by atoms with Crippen molar-refractivity contribution in [3.63, 3.8) is 0 Å². The van der Waals surface area contributed by atoms with Crippen LogP contribution in [0.4, 0.5) is 20.6 Å². The number of anilines is 2. The number of nitrogen functional groups attached to an aromatic ring is 1. The Balaban J connectivity index is 2.19. The van der Waals surface area contributed by atoms with E-state index in [0.29, 0.717) is 5.69 Å². The molecule has 1 aromatic carbocycles. The number of halogens is 1. The fourth-order valence-corrected chi connectivity index (χ4v) is 1.59. The van der Waals surface area contributed by atoms with Gasteiger partial charge in [0, 0.05) is 0 Å². The number of nitrogens with zero attached hydrogens (tertiary/aromatic N) is 2. The van der Waals surface area contributed by atoms with Crippen molar-refractivity contribution in [3.8, 4) is 0 Å². The topological polar surface area (TPSA) is 85.0 Å². The molecule has 1 aliphatic rings. The van der Waals surface area contributed by atoms with Crippen molar-refractivity contribution in [3.05, 3.63) is 28.9 Å². The normalized spacial score (nSPS) is 19.2. The van der Waals surface area contributed by atoms with Crippen molar-refractivity contribution in [1.82, 2.24) is 0 Å². The Morgan fingerprint density at radius 3 is 3.00 bits per heavy atom. The second-order valence-electron chi connectivity index (χ2n) is 3.63. The van der Waals surface area contributed by atoms with E-state index in [1.807, 2.05) is 0 Å². The number of hydrogen-bond donors (Lipinski definition) is 1. The van der Waals surface area contributed by atoms with Gasteiger partial charge in [-0.15, -0.1) is 0 Å². The van der Waals surface area contributed by atoms with Crippen molar-refractivity contribution < 1.29 is 13.9 Å². The Kier molecular flexibility index (Phi) is 2.90. The average Bonchev–Trinajstić information content (AvgIpc) is 2.64. The minimum absolute atomic E-state index is 0.00687. The van der Waals surface area contributed by atoms with Gasteiger partial charge in [0.15, 0.2) is 0 Å². The van der Waals surface area contributed by atoms with Crippen LogP contribution in [0.1, 0.15) is 0 Å². The zero-order valence-corrected chi connectivity index (χ0v) is 8.80. The smallest absolute Gasteiger partial charge is 0.414 e. The van der Waals surface area contributed by atoms with E-state index in [2.05, 4.69) is 5.18 Å². The maximum atomic E-state index is 13.2. The number of carbonyl (C=O) groups is 1. The van der Waals surface area contributed by atoms with Crippen LogP contribution in [-0.4, -0.2) is 25.3 Å². The van der Waals surface area contributed by atoms with Gasteiger partial charge in [0.05, 0.1) is 17.9 Å². The van der Waals surface area contributed by atoms with Gasteiger partial charge in [-0.1, -0.05) is 5.18 Å². The molecule has 0 radical (unpaired) electrons. The third-order valence-electron chi connectivity index (χ3n) is 2.45. The van der Waals surface area contributed by atoms with Crippen LogP contribution in [0.3, 0.4) is 0 Å². The van der Waals surface area contributed by atoms with Crippen LogP contribution >= 0.6 is 0 Å². The third-order valence-corrected chi connectivity index (χ3v) is 2.45. The lowest BCUT2D eigenvalue weighted by molar-refractivity contribution is 0.145. The Bertz CT molecular complexity index is 466. The molecular formula is C10H10FN3O3. The molecule has 0 saturated carbocycles. The standard InChI is InChI=1S/C10H10FN3O3/c11-8-3-6(1-2-9(8)12)14-5-7(4-13-16)17-10(14)15/h1-3,7H,4-5,12H2/t7-/m0/s1. The molecule has 0 bridgehead atoms. The second-order valence-corrected chi connectivity index (χ2v) is 3.63. The Morgan fingerprint density at radius 2 is 2.35 bits per heavy atom. The molecule has 2 rings (SSSR count). The van der Waals surface area contributed by atoms with Gasteiger partial charge in [0.2, 0.25) is 0 Å². The molecule has 1 amide bonds. The van der Waals surface area contributed by atoms with E-state index in [9.17, 15) is 14.1 Å². The van der Waals surface area contributed by atoms with Crippen molar-refractivity contribution in [1.29, 1.82) is 0 Å². The number of nitrogens with two attached hydrogens (primary N) is 1. The lowest BCUT2D eigenvalue weighted by Gasteiger charge is -2.13. The number of benzene rings is 1. The van der Waals surface area contributed by atoms with Crippen LogP contribution in [0.25, 0.3) is 0 Å². The number of rotatable bonds is 3. The summed E-state index contributed by atoms with van der Waals surface area (Å²) in [5, 5.41) is 2.66. The molecular weight excluding hydrogens is 229 g/mol. The first-order chi connectivity index (χ1) is 8.11. The van der Waals surface area contributed by atoms with Gasteiger partial charge in [-0.2, -0.15) is 4.91 Å². The van der Waals surface area contributed by atoms with Crippen LogP contribution in [-0.2, 0) is 4.74 Å². The second kappa shape index (κ2) is 4.36. The van der Waals surface area contributed by atoms with Crippen molar-refractivity contribution in [2.24, 2.45) is 5.18 Å². The van der Waals surface area contributed by atoms with Crippen molar-refractivity contribution in [2.75, 3.05) is 23.7 Å². The SMILES string of the molecule is Nc1ccc(N2C[C@H](CN=O)OC2=O)cc1F. The van der Waals surface area contributed by atoms with Crippen LogP contribution in [0, 0.1) is 10.7 Å². The van der Waals surface area contributed by atoms with E-state index in [0.717, 1.165) is 6.07 Å². The quantitative estimate of drug-likeness (QED) is 0.639. The highest BCUT2D eigenvalue weighted by Gasteiger charge is 2.32. The third kappa shape index (κ3) is 2.17. The van der Waals surface area contributed by atoms with Crippen LogP contribution in [0.5, 0.6) is 0 Å². The first-order valence-electron chi connectivity index (χ1n) is 4.94. The van der Waals surface area contributed by atoms with Gasteiger partial charge >= 0.3 is 6.09 Å². The van der Waals surface area contributed by atoms with Gasteiger partial charge in [-0.05, 0) is 18.2 Å². The molecule has 0 spiro atoms. The zero-order valence-electron chi connectivity index (χ0n) is 8.80. The fraction of sp³-hybridized carbons (Fsp3) is 0.300. The number of ether oxygens (including phenoxy) is 1. The first-order valence-corrected chi connectivity index (χ1v) is 4.94. The van der Waals surface area contributed by atoms with Gasteiger partial charge < -0.3 is 10.5 Å². The number of hydrogen-bond acceptors (Lipinski definition) is 5. The Labute approximate surface area is 96.1 Å². The number of amides is 1. The molecule has 1 saturated heterocycles. The highest BCUT2D eigenvalue weighted by Crippen LogP contribution is 2.24. The van der Waals surface area contributed by atoms with E-state index in [1.54, 1.807) is 0 Å². The minimum Gasteiger partial charge on any atom is -0.442 e. The van der Waals surface area contributed by atoms with Crippen LogP contribution in [0.2, 0.25) is 0 Å². The summed E-state index contributed by atoms with van der Waals surface area (Å²) < 4.78 is 18.1. The molecule has 17 heavy (non-hydrogen) atoms. The minimum atomic E-state index is -0.622. The van der Waals surface area contributed by atoms with Gasteiger partial charge in [0.25, 0.3) is 0 Å². The molecule has 6 nitrogen and oxygen atoms in total. The molecule has 1 aromatic rings. The maximum Gasteiger partial charge on any atom is 0.414 e. The summed E-state index contributed by atoms with van der Waals surface area (Å²) in [7, 11) is 0. The van der Waals surface area contributed by atoms with E-state index in [-0.39, 0.29) is 18.8 Å². The summed E-state index contributed by atoms with van der Waals surface area (Å²) in [6.45, 7) is 0.0631. The van der Waals surface area contributed by atoms with Gasteiger partial charge in [-0.3, -0.25) is 4.90 Å².